The zero-order valence-electron chi connectivity index (χ0n) is 18.7. The highest BCUT2D eigenvalue weighted by molar-refractivity contribution is 7.89. The van der Waals surface area contributed by atoms with Gasteiger partial charge in [0.1, 0.15) is 4.90 Å². The van der Waals surface area contributed by atoms with Gasteiger partial charge in [-0.15, -0.1) is 0 Å². The van der Waals surface area contributed by atoms with E-state index in [4.69, 9.17) is 11.6 Å². The average molecular weight is 483 g/mol. The van der Waals surface area contributed by atoms with E-state index in [1.54, 1.807) is 7.05 Å². The first-order valence-corrected chi connectivity index (χ1v) is 13.2. The number of hydrogen-bond acceptors (Lipinski definition) is 4. The molecule has 172 valence electrons. The molecule has 3 atom stereocenters. The van der Waals surface area contributed by atoms with Crippen LogP contribution >= 0.6 is 11.6 Å². The predicted molar refractivity (Wildman–Crippen MR) is 128 cm³/mol. The molecular weight excluding hydrogens is 456 g/mol. The molecule has 1 spiro atoms. The molecule has 1 N–H and O–H groups in total. The first kappa shape index (κ1) is 21.4. The van der Waals surface area contributed by atoms with Crippen molar-refractivity contribution >= 4 is 21.6 Å². The molecule has 8 heteroatoms. The lowest BCUT2D eigenvalue weighted by Crippen LogP contribution is -2.31. The number of halogens is 1. The number of nitrogens with one attached hydrogen (secondary N) is 1. The van der Waals surface area contributed by atoms with Crippen LogP contribution in [0.1, 0.15) is 28.2 Å². The van der Waals surface area contributed by atoms with Gasteiger partial charge in [-0.05, 0) is 66.6 Å². The summed E-state index contributed by atoms with van der Waals surface area (Å²) in [7, 11) is 0.384. The molecule has 3 aromatic rings. The summed E-state index contributed by atoms with van der Waals surface area (Å²) in [6.45, 7) is 0.355. The number of benzene rings is 2. The maximum atomic E-state index is 12.5. The second-order valence-corrected chi connectivity index (χ2v) is 12.0. The standard InChI is InChI=1S/C25H27ClN4O2S/c1-29-15-20(14-27-29)33(31,32)28-9-8-16-6-7-18-13-25(23-24(25)30(23)2)22(21(18)11-16)12-17-4-3-5-19(26)10-17/h3-7,10-11,14-15,22-24,28H,8-9,12-13H2,1-2H3. The third kappa shape index (κ3) is 3.44. The molecule has 2 heterocycles. The van der Waals surface area contributed by atoms with Gasteiger partial charge in [0.2, 0.25) is 10.0 Å². The van der Waals surface area contributed by atoms with E-state index in [-0.39, 0.29) is 4.90 Å². The molecule has 2 fully saturated rings. The van der Waals surface area contributed by atoms with Crippen LogP contribution in [0.5, 0.6) is 0 Å². The summed E-state index contributed by atoms with van der Waals surface area (Å²) in [6, 6.07) is 16.3. The van der Waals surface area contributed by atoms with E-state index in [2.05, 4.69) is 52.1 Å². The van der Waals surface area contributed by atoms with Crippen LogP contribution < -0.4 is 4.72 Å². The third-order valence-electron chi connectivity index (χ3n) is 7.84. The van der Waals surface area contributed by atoms with Gasteiger partial charge in [-0.25, -0.2) is 13.1 Å². The van der Waals surface area contributed by atoms with Gasteiger partial charge in [0.05, 0.1) is 6.20 Å². The molecule has 6 nitrogen and oxygen atoms in total. The second-order valence-electron chi connectivity index (χ2n) is 9.76. The van der Waals surface area contributed by atoms with Gasteiger partial charge in [-0.1, -0.05) is 41.9 Å². The number of fused-ring (bicyclic) bond motifs is 4. The molecule has 1 aliphatic heterocycles. The monoisotopic (exact) mass is 482 g/mol. The van der Waals surface area contributed by atoms with E-state index in [0.29, 0.717) is 36.4 Å². The molecule has 3 unspecified atom stereocenters. The van der Waals surface area contributed by atoms with Crippen LogP contribution in [-0.2, 0) is 36.3 Å². The lowest BCUT2D eigenvalue weighted by Gasteiger charge is -2.29. The minimum atomic E-state index is -3.54. The van der Waals surface area contributed by atoms with E-state index < -0.39 is 10.0 Å². The summed E-state index contributed by atoms with van der Waals surface area (Å²) in [5.41, 5.74) is 5.69. The van der Waals surface area contributed by atoms with Gasteiger partial charge in [0.15, 0.2) is 0 Å². The number of rotatable bonds is 7. The van der Waals surface area contributed by atoms with Crippen LogP contribution in [-0.4, -0.2) is 48.8 Å². The number of hydrogen-bond donors (Lipinski definition) is 1. The van der Waals surface area contributed by atoms with E-state index in [1.807, 2.05) is 12.1 Å². The van der Waals surface area contributed by atoms with Crippen molar-refractivity contribution in [3.8, 4) is 0 Å². The Bertz CT molecular complexity index is 1340. The number of likely N-dealkylation sites (N-methyl/N-ethyl adjacent to an activating group) is 1. The van der Waals surface area contributed by atoms with Crippen LogP contribution in [0.3, 0.4) is 0 Å². The van der Waals surface area contributed by atoms with Gasteiger partial charge in [0.25, 0.3) is 0 Å². The second kappa shape index (κ2) is 7.40. The molecule has 1 aromatic heterocycles. The summed E-state index contributed by atoms with van der Waals surface area (Å²) in [5, 5.41) is 4.74. The van der Waals surface area contributed by atoms with Crippen molar-refractivity contribution in [3.63, 3.8) is 0 Å². The highest BCUT2D eigenvalue weighted by atomic mass is 35.5. The van der Waals surface area contributed by atoms with Gasteiger partial charge in [-0.3, -0.25) is 9.58 Å². The van der Waals surface area contributed by atoms with Crippen molar-refractivity contribution < 1.29 is 8.42 Å². The van der Waals surface area contributed by atoms with Gasteiger partial charge in [-0.2, -0.15) is 5.10 Å². The highest BCUT2D eigenvalue weighted by Gasteiger charge is 2.84. The van der Waals surface area contributed by atoms with Crippen molar-refractivity contribution in [2.45, 2.75) is 42.2 Å². The Morgan fingerprint density at radius 1 is 1.15 bits per heavy atom. The van der Waals surface area contributed by atoms with E-state index >= 15 is 0 Å². The minimum Gasteiger partial charge on any atom is -0.296 e. The lowest BCUT2D eigenvalue weighted by atomic mass is 9.81. The van der Waals surface area contributed by atoms with Crippen molar-refractivity contribution in [3.05, 3.63) is 82.1 Å². The number of aromatic nitrogens is 2. The Kier molecular flexibility index (Phi) is 4.79. The smallest absolute Gasteiger partial charge is 0.243 e. The molecule has 6 rings (SSSR count). The summed E-state index contributed by atoms with van der Waals surface area (Å²) in [4.78, 5) is 2.67. The van der Waals surface area contributed by atoms with Crippen molar-refractivity contribution in [2.24, 2.45) is 12.5 Å². The fraction of sp³-hybridized carbons (Fsp3) is 0.400. The number of aryl methyl sites for hydroxylation is 1. The molecule has 3 aliphatic rings. The SMILES string of the molecule is CN1C2C1C21Cc2ccc(CCNS(=O)(=O)c3cnn(C)c3)cc2C1Cc1cccc(Cl)c1. The largest absolute Gasteiger partial charge is 0.296 e. The first-order chi connectivity index (χ1) is 15.8. The maximum absolute atomic E-state index is 12.5. The van der Waals surface area contributed by atoms with Crippen LogP contribution in [0, 0.1) is 5.41 Å². The van der Waals surface area contributed by atoms with Crippen molar-refractivity contribution in [2.75, 3.05) is 13.6 Å². The Morgan fingerprint density at radius 2 is 1.97 bits per heavy atom. The fourth-order valence-corrected chi connectivity index (χ4v) is 7.46. The first-order valence-electron chi connectivity index (χ1n) is 11.4. The predicted octanol–water partition coefficient (Wildman–Crippen LogP) is 3.16. The number of sulfonamides is 1. The van der Waals surface area contributed by atoms with Gasteiger partial charge >= 0.3 is 0 Å². The quantitative estimate of drug-likeness (QED) is 0.525. The summed E-state index contributed by atoms with van der Waals surface area (Å²) < 4.78 is 29.2. The normalized spacial score (nSPS) is 29.2. The topological polar surface area (TPSA) is 67.0 Å². The molecule has 1 saturated heterocycles. The molecular formula is C25H27ClN4O2S. The van der Waals surface area contributed by atoms with Crippen molar-refractivity contribution in [1.82, 2.24) is 19.4 Å². The van der Waals surface area contributed by atoms with Crippen LogP contribution in [0.2, 0.25) is 5.02 Å². The number of nitrogens with zero attached hydrogens (tertiary/aromatic N) is 3. The van der Waals surface area contributed by atoms with E-state index in [0.717, 1.165) is 17.9 Å². The summed E-state index contributed by atoms with van der Waals surface area (Å²) >= 11 is 6.27. The summed E-state index contributed by atoms with van der Waals surface area (Å²) in [5.74, 6) is 0.476. The molecule has 1 saturated carbocycles. The Balaban J connectivity index is 1.21. The molecule has 2 aliphatic carbocycles. The average Bonchev–Trinajstić information content (AvgIpc) is 3.52. The Morgan fingerprint density at radius 3 is 2.67 bits per heavy atom. The zero-order valence-corrected chi connectivity index (χ0v) is 20.3. The molecule has 0 bridgehead atoms. The number of likely N-dealkylation sites (tertiary alicyclic amines) is 1. The fourth-order valence-electron chi connectivity index (χ4n) is 6.23. The van der Waals surface area contributed by atoms with Crippen molar-refractivity contribution in [1.29, 1.82) is 0 Å². The summed E-state index contributed by atoms with van der Waals surface area (Å²) in [6.07, 6.45) is 5.66. The minimum absolute atomic E-state index is 0.194. The Hall–Kier alpha value is -2.19. The molecule has 33 heavy (non-hydrogen) atoms. The Labute approximate surface area is 199 Å². The van der Waals surface area contributed by atoms with E-state index in [1.165, 1.54) is 39.3 Å². The van der Waals surface area contributed by atoms with Crippen LogP contribution in [0.15, 0.2) is 59.8 Å². The molecule has 0 radical (unpaired) electrons. The van der Waals surface area contributed by atoms with Gasteiger partial charge < -0.3 is 0 Å². The van der Waals surface area contributed by atoms with Gasteiger partial charge in [0, 0.05) is 42.3 Å². The van der Waals surface area contributed by atoms with E-state index in [9.17, 15) is 8.42 Å². The highest BCUT2D eigenvalue weighted by Crippen LogP contribution is 2.76. The third-order valence-corrected chi connectivity index (χ3v) is 9.49. The molecule has 2 aromatic carbocycles. The lowest BCUT2D eigenvalue weighted by molar-refractivity contribution is 0.226. The van der Waals surface area contributed by atoms with Crippen LogP contribution in [0.4, 0.5) is 0 Å². The molecule has 0 amide bonds. The maximum Gasteiger partial charge on any atom is 0.243 e. The zero-order chi connectivity index (χ0) is 23.0. The van der Waals surface area contributed by atoms with Crippen LogP contribution in [0.25, 0.3) is 0 Å².